The van der Waals surface area contributed by atoms with Crippen LogP contribution in [0.4, 0.5) is 26.3 Å². The minimum atomic E-state index is -4.61. The molecule has 10 heteroatoms. The maximum Gasteiger partial charge on any atom is 0.416 e. The molecule has 1 atom stereocenters. The van der Waals surface area contributed by atoms with E-state index in [2.05, 4.69) is 10.3 Å². The molecule has 4 rings (SSSR count). The number of alkyl halides is 5. The first-order valence-corrected chi connectivity index (χ1v) is 12.5. The lowest BCUT2D eigenvalue weighted by molar-refractivity contribution is -0.137. The zero-order chi connectivity index (χ0) is 29.1. The van der Waals surface area contributed by atoms with Gasteiger partial charge in [0, 0.05) is 37.2 Å². The fourth-order valence-electron chi connectivity index (χ4n) is 4.55. The van der Waals surface area contributed by atoms with Gasteiger partial charge in [-0.3, -0.25) is 10.3 Å². The molecule has 0 amide bonds. The molecule has 210 valence electrons. The highest BCUT2D eigenvalue weighted by atomic mass is 35.5. The SMILES string of the molecule is COc1ccc(C(F)(F)F)cc1CNC(Cc1ccccc1)(c1cc(F)cc(C(C)(F)F)c1)c1ccc(Cl)cn1. The van der Waals surface area contributed by atoms with Crippen LogP contribution >= 0.6 is 11.6 Å². The number of benzene rings is 3. The number of halogens is 7. The van der Waals surface area contributed by atoms with Crippen molar-refractivity contribution < 1.29 is 31.1 Å². The summed E-state index contributed by atoms with van der Waals surface area (Å²) in [7, 11) is 1.33. The van der Waals surface area contributed by atoms with Crippen LogP contribution < -0.4 is 10.1 Å². The van der Waals surface area contributed by atoms with Crippen LogP contribution in [0.2, 0.25) is 5.02 Å². The Hall–Kier alpha value is -3.56. The van der Waals surface area contributed by atoms with E-state index in [-0.39, 0.29) is 29.8 Å². The number of nitrogens with zero attached hydrogens (tertiary/aromatic N) is 1. The molecule has 1 N–H and O–H groups in total. The van der Waals surface area contributed by atoms with Gasteiger partial charge in [0.25, 0.3) is 5.92 Å². The van der Waals surface area contributed by atoms with E-state index in [1.807, 2.05) is 0 Å². The second kappa shape index (κ2) is 11.5. The molecule has 40 heavy (non-hydrogen) atoms. The first-order chi connectivity index (χ1) is 18.8. The number of rotatable bonds is 9. The summed E-state index contributed by atoms with van der Waals surface area (Å²) in [6.07, 6.45) is -3.16. The zero-order valence-electron chi connectivity index (χ0n) is 21.5. The van der Waals surface area contributed by atoms with E-state index in [0.29, 0.717) is 17.6 Å². The van der Waals surface area contributed by atoms with Crippen LogP contribution in [0.5, 0.6) is 5.75 Å². The lowest BCUT2D eigenvalue weighted by Crippen LogP contribution is -2.46. The average Bonchev–Trinajstić information content (AvgIpc) is 2.90. The highest BCUT2D eigenvalue weighted by molar-refractivity contribution is 6.30. The summed E-state index contributed by atoms with van der Waals surface area (Å²) in [6, 6.07) is 18.2. The molecule has 0 aliphatic rings. The van der Waals surface area contributed by atoms with Gasteiger partial charge in [0.1, 0.15) is 11.6 Å². The monoisotopic (exact) mass is 578 g/mol. The molecule has 1 aromatic heterocycles. The number of methoxy groups -OCH3 is 1. The lowest BCUT2D eigenvalue weighted by atomic mass is 9.79. The summed E-state index contributed by atoms with van der Waals surface area (Å²) in [6.45, 7) is 0.449. The van der Waals surface area contributed by atoms with Crippen LogP contribution in [-0.4, -0.2) is 12.1 Å². The van der Waals surface area contributed by atoms with E-state index in [4.69, 9.17) is 16.3 Å². The highest BCUT2D eigenvalue weighted by Gasteiger charge is 2.39. The second-order valence-corrected chi connectivity index (χ2v) is 9.86. The van der Waals surface area contributed by atoms with Crippen molar-refractivity contribution in [3.05, 3.63) is 129 Å². The summed E-state index contributed by atoms with van der Waals surface area (Å²) in [5.74, 6) is -4.09. The Morgan fingerprint density at radius 3 is 2.15 bits per heavy atom. The quantitative estimate of drug-likeness (QED) is 0.203. The fraction of sp³-hybridized carbons (Fsp3) is 0.233. The van der Waals surface area contributed by atoms with Gasteiger partial charge in [-0.15, -0.1) is 0 Å². The normalized spacial score (nSPS) is 13.6. The van der Waals surface area contributed by atoms with Gasteiger partial charge in [-0.1, -0.05) is 41.9 Å². The summed E-state index contributed by atoms with van der Waals surface area (Å²) >= 11 is 6.09. The number of hydrogen-bond acceptors (Lipinski definition) is 3. The lowest BCUT2D eigenvalue weighted by Gasteiger charge is -2.36. The van der Waals surface area contributed by atoms with Gasteiger partial charge in [-0.05, 0) is 59.7 Å². The van der Waals surface area contributed by atoms with Crippen LogP contribution in [0.3, 0.4) is 0 Å². The Morgan fingerprint density at radius 1 is 0.850 bits per heavy atom. The van der Waals surface area contributed by atoms with Gasteiger partial charge in [0.05, 0.1) is 28.9 Å². The molecule has 0 bridgehead atoms. The Kier molecular flexibility index (Phi) is 8.46. The van der Waals surface area contributed by atoms with Crippen LogP contribution in [-0.2, 0) is 30.6 Å². The number of nitrogens with one attached hydrogen (secondary N) is 1. The molecule has 1 unspecified atom stereocenters. The van der Waals surface area contributed by atoms with Crippen molar-refractivity contribution in [3.63, 3.8) is 0 Å². The molecular formula is C30H25ClF6N2O. The predicted octanol–water partition coefficient (Wildman–Crippen LogP) is 8.29. The number of aromatic nitrogens is 1. The van der Waals surface area contributed by atoms with E-state index in [9.17, 15) is 26.3 Å². The standard InChI is InChI=1S/C30H25ClF6N2O/c1-28(33,34)22-13-23(15-25(32)14-22)29(16-19-6-4-3-5-7-19,27-11-9-24(31)18-38-27)39-17-20-12-21(30(35,36)37)8-10-26(20)40-2/h3-15,18,39H,16-17H2,1-2H3. The molecule has 3 nitrogen and oxygen atoms in total. The van der Waals surface area contributed by atoms with Crippen molar-refractivity contribution >= 4 is 11.6 Å². The van der Waals surface area contributed by atoms with E-state index in [1.165, 1.54) is 25.4 Å². The van der Waals surface area contributed by atoms with Gasteiger partial charge in [0.15, 0.2) is 0 Å². The third kappa shape index (κ3) is 6.59. The van der Waals surface area contributed by atoms with Crippen LogP contribution in [0, 0.1) is 5.82 Å². The third-order valence-electron chi connectivity index (χ3n) is 6.56. The second-order valence-electron chi connectivity index (χ2n) is 9.42. The minimum absolute atomic E-state index is 0.0852. The maximum atomic E-state index is 14.9. The molecule has 0 radical (unpaired) electrons. The Labute approximate surface area is 232 Å². The van der Waals surface area contributed by atoms with Crippen LogP contribution in [0.25, 0.3) is 0 Å². The summed E-state index contributed by atoms with van der Waals surface area (Å²) < 4.78 is 89.7. The molecule has 0 fully saturated rings. The average molecular weight is 579 g/mol. The molecular weight excluding hydrogens is 554 g/mol. The molecule has 0 saturated heterocycles. The number of ether oxygens (including phenoxy) is 1. The van der Waals surface area contributed by atoms with Crippen LogP contribution in [0.1, 0.15) is 40.4 Å². The topological polar surface area (TPSA) is 34.1 Å². The van der Waals surface area contributed by atoms with Crippen LogP contribution in [0.15, 0.2) is 85.1 Å². The molecule has 1 heterocycles. The Balaban J connectivity index is 1.95. The number of pyridine rings is 1. The van der Waals surface area contributed by atoms with E-state index < -0.39 is 34.6 Å². The van der Waals surface area contributed by atoms with Crippen molar-refractivity contribution in [2.24, 2.45) is 0 Å². The van der Waals surface area contributed by atoms with Gasteiger partial charge in [-0.25, -0.2) is 13.2 Å². The maximum absolute atomic E-state index is 14.9. The molecule has 0 aliphatic carbocycles. The summed E-state index contributed by atoms with van der Waals surface area (Å²) in [4.78, 5) is 4.44. The molecule has 0 aliphatic heterocycles. The van der Waals surface area contributed by atoms with Crippen molar-refractivity contribution in [1.29, 1.82) is 0 Å². The van der Waals surface area contributed by atoms with E-state index in [1.54, 1.807) is 42.5 Å². The Morgan fingerprint density at radius 2 is 1.55 bits per heavy atom. The fourth-order valence-corrected chi connectivity index (χ4v) is 4.67. The van der Waals surface area contributed by atoms with Crippen molar-refractivity contribution in [3.8, 4) is 5.75 Å². The number of hydrogen-bond donors (Lipinski definition) is 1. The van der Waals surface area contributed by atoms with E-state index in [0.717, 1.165) is 29.8 Å². The van der Waals surface area contributed by atoms with Gasteiger partial charge in [-0.2, -0.15) is 13.2 Å². The molecule has 0 spiro atoms. The predicted molar refractivity (Wildman–Crippen MR) is 141 cm³/mol. The highest BCUT2D eigenvalue weighted by Crippen LogP contribution is 2.38. The Bertz CT molecular complexity index is 1460. The first kappa shape index (κ1) is 29.4. The third-order valence-corrected chi connectivity index (χ3v) is 6.79. The zero-order valence-corrected chi connectivity index (χ0v) is 22.3. The van der Waals surface area contributed by atoms with Crippen molar-refractivity contribution in [2.75, 3.05) is 7.11 Å². The first-order valence-electron chi connectivity index (χ1n) is 12.2. The van der Waals surface area contributed by atoms with Crippen molar-refractivity contribution in [1.82, 2.24) is 10.3 Å². The molecule has 0 saturated carbocycles. The largest absolute Gasteiger partial charge is 0.496 e. The van der Waals surface area contributed by atoms with E-state index >= 15 is 0 Å². The van der Waals surface area contributed by atoms with Gasteiger partial charge in [0.2, 0.25) is 0 Å². The molecule has 4 aromatic rings. The summed E-state index contributed by atoms with van der Waals surface area (Å²) in [5.41, 5.74) is -1.64. The summed E-state index contributed by atoms with van der Waals surface area (Å²) in [5, 5.41) is 3.55. The smallest absolute Gasteiger partial charge is 0.416 e. The minimum Gasteiger partial charge on any atom is -0.496 e. The van der Waals surface area contributed by atoms with Gasteiger partial charge < -0.3 is 4.74 Å². The molecule has 3 aromatic carbocycles. The van der Waals surface area contributed by atoms with Gasteiger partial charge >= 0.3 is 6.18 Å². The van der Waals surface area contributed by atoms with Crippen molar-refractivity contribution in [2.45, 2.75) is 37.5 Å².